The first-order valence-corrected chi connectivity index (χ1v) is 5.00. The number of furan rings is 1. The zero-order valence-corrected chi connectivity index (χ0v) is 8.47. The third kappa shape index (κ3) is 1.35. The SMILES string of the molecule is Cn1cc(C2NCCc3ccoc32)nn1. The van der Waals surface area contributed by atoms with E-state index < -0.39 is 0 Å². The van der Waals surface area contributed by atoms with E-state index in [0.29, 0.717) is 0 Å². The molecule has 0 aliphatic carbocycles. The molecule has 3 heterocycles. The lowest BCUT2D eigenvalue weighted by atomic mass is 10.0. The molecule has 3 rings (SSSR count). The molecule has 2 aromatic heterocycles. The minimum Gasteiger partial charge on any atom is -0.467 e. The fraction of sp³-hybridized carbons (Fsp3) is 0.400. The second kappa shape index (κ2) is 3.20. The van der Waals surface area contributed by atoms with Gasteiger partial charge < -0.3 is 9.73 Å². The van der Waals surface area contributed by atoms with E-state index in [1.165, 1.54) is 5.56 Å². The van der Waals surface area contributed by atoms with Crippen molar-refractivity contribution in [2.24, 2.45) is 7.05 Å². The second-order valence-electron chi connectivity index (χ2n) is 3.76. The van der Waals surface area contributed by atoms with Crippen molar-refractivity contribution in [2.45, 2.75) is 12.5 Å². The summed E-state index contributed by atoms with van der Waals surface area (Å²) >= 11 is 0. The van der Waals surface area contributed by atoms with Crippen molar-refractivity contribution >= 4 is 0 Å². The van der Waals surface area contributed by atoms with Gasteiger partial charge in [-0.1, -0.05) is 5.21 Å². The van der Waals surface area contributed by atoms with Crippen molar-refractivity contribution in [3.63, 3.8) is 0 Å². The van der Waals surface area contributed by atoms with Gasteiger partial charge in [0.2, 0.25) is 0 Å². The van der Waals surface area contributed by atoms with Crippen molar-refractivity contribution in [2.75, 3.05) is 6.54 Å². The molecule has 1 unspecified atom stereocenters. The van der Waals surface area contributed by atoms with Gasteiger partial charge in [0.25, 0.3) is 0 Å². The highest BCUT2D eigenvalue weighted by molar-refractivity contribution is 5.29. The average molecular weight is 204 g/mol. The molecule has 0 aromatic carbocycles. The first-order chi connectivity index (χ1) is 7.34. The molecule has 1 N–H and O–H groups in total. The molecule has 0 radical (unpaired) electrons. The third-order valence-corrected chi connectivity index (χ3v) is 2.70. The predicted octanol–water partition coefficient (Wildman–Crippen LogP) is 0.643. The van der Waals surface area contributed by atoms with Gasteiger partial charge >= 0.3 is 0 Å². The number of aromatic nitrogens is 3. The summed E-state index contributed by atoms with van der Waals surface area (Å²) < 4.78 is 7.20. The van der Waals surface area contributed by atoms with Crippen LogP contribution in [0.4, 0.5) is 0 Å². The molecule has 15 heavy (non-hydrogen) atoms. The van der Waals surface area contributed by atoms with Gasteiger partial charge in [0.1, 0.15) is 17.5 Å². The lowest BCUT2D eigenvalue weighted by Crippen LogP contribution is -2.29. The van der Waals surface area contributed by atoms with Crippen LogP contribution in [0.1, 0.15) is 23.1 Å². The van der Waals surface area contributed by atoms with Crippen molar-refractivity contribution in [1.82, 2.24) is 20.3 Å². The van der Waals surface area contributed by atoms with Crippen LogP contribution in [0.25, 0.3) is 0 Å². The monoisotopic (exact) mass is 204 g/mol. The Morgan fingerprint density at radius 1 is 1.60 bits per heavy atom. The first-order valence-electron chi connectivity index (χ1n) is 5.00. The number of aryl methyl sites for hydroxylation is 1. The average Bonchev–Trinajstić information content (AvgIpc) is 2.84. The normalized spacial score (nSPS) is 20.2. The molecule has 0 spiro atoms. The molecule has 2 aromatic rings. The van der Waals surface area contributed by atoms with Crippen molar-refractivity contribution in [3.05, 3.63) is 35.5 Å². The van der Waals surface area contributed by atoms with Gasteiger partial charge in [-0.25, -0.2) is 0 Å². The summed E-state index contributed by atoms with van der Waals surface area (Å²) in [4.78, 5) is 0. The van der Waals surface area contributed by atoms with Crippen molar-refractivity contribution < 1.29 is 4.42 Å². The van der Waals surface area contributed by atoms with Gasteiger partial charge in [0, 0.05) is 13.6 Å². The Balaban J connectivity index is 2.02. The molecule has 5 heteroatoms. The fourth-order valence-electron chi connectivity index (χ4n) is 1.99. The summed E-state index contributed by atoms with van der Waals surface area (Å²) in [5.74, 6) is 0.974. The van der Waals surface area contributed by atoms with Gasteiger partial charge in [-0.15, -0.1) is 5.10 Å². The Bertz CT molecular complexity index is 473. The maximum absolute atomic E-state index is 5.49. The minimum absolute atomic E-state index is 0.0532. The highest BCUT2D eigenvalue weighted by Gasteiger charge is 2.26. The molecule has 1 aliphatic rings. The van der Waals surface area contributed by atoms with E-state index in [-0.39, 0.29) is 6.04 Å². The van der Waals surface area contributed by atoms with Crippen LogP contribution in [0, 0.1) is 0 Å². The van der Waals surface area contributed by atoms with E-state index in [1.807, 2.05) is 19.3 Å². The standard InChI is InChI=1S/C10H12N4O/c1-14-6-8(12-13-14)9-10-7(2-4-11-9)3-5-15-10/h3,5-6,9,11H,2,4H2,1H3. The van der Waals surface area contributed by atoms with Crippen LogP contribution in [0.3, 0.4) is 0 Å². The Hall–Kier alpha value is -1.62. The molecule has 1 aliphatic heterocycles. The Labute approximate surface area is 87.1 Å². The molecule has 0 amide bonds. The van der Waals surface area contributed by atoms with Gasteiger partial charge in [0.05, 0.1) is 12.5 Å². The number of fused-ring (bicyclic) bond motifs is 1. The van der Waals surface area contributed by atoms with Crippen LogP contribution in [0.15, 0.2) is 22.9 Å². The lowest BCUT2D eigenvalue weighted by Gasteiger charge is -2.20. The fourth-order valence-corrected chi connectivity index (χ4v) is 1.99. The van der Waals surface area contributed by atoms with E-state index in [0.717, 1.165) is 24.4 Å². The van der Waals surface area contributed by atoms with E-state index in [9.17, 15) is 0 Å². The van der Waals surface area contributed by atoms with Crippen LogP contribution >= 0.6 is 0 Å². The lowest BCUT2D eigenvalue weighted by molar-refractivity contribution is 0.420. The van der Waals surface area contributed by atoms with Crippen LogP contribution in [-0.2, 0) is 13.5 Å². The maximum Gasteiger partial charge on any atom is 0.130 e. The zero-order chi connectivity index (χ0) is 10.3. The Kier molecular flexibility index (Phi) is 1.85. The summed E-state index contributed by atoms with van der Waals surface area (Å²) in [6.07, 6.45) is 4.67. The molecular weight excluding hydrogens is 192 g/mol. The number of nitrogens with zero attached hydrogens (tertiary/aromatic N) is 3. The van der Waals surface area contributed by atoms with E-state index >= 15 is 0 Å². The van der Waals surface area contributed by atoms with Crippen LogP contribution in [0.2, 0.25) is 0 Å². The molecular formula is C10H12N4O. The Morgan fingerprint density at radius 3 is 3.33 bits per heavy atom. The quantitative estimate of drug-likeness (QED) is 0.740. The summed E-state index contributed by atoms with van der Waals surface area (Å²) in [5, 5.41) is 11.4. The van der Waals surface area contributed by atoms with Gasteiger partial charge in [-0.3, -0.25) is 4.68 Å². The first kappa shape index (κ1) is 8.67. The predicted molar refractivity (Wildman–Crippen MR) is 53.3 cm³/mol. The highest BCUT2D eigenvalue weighted by atomic mass is 16.3. The largest absolute Gasteiger partial charge is 0.467 e. The molecule has 0 saturated heterocycles. The summed E-state index contributed by atoms with van der Waals surface area (Å²) in [5.41, 5.74) is 2.18. The Morgan fingerprint density at radius 2 is 2.53 bits per heavy atom. The molecule has 78 valence electrons. The van der Waals surface area contributed by atoms with Crippen molar-refractivity contribution in [3.8, 4) is 0 Å². The zero-order valence-electron chi connectivity index (χ0n) is 8.47. The minimum atomic E-state index is 0.0532. The van der Waals surface area contributed by atoms with Crippen molar-refractivity contribution in [1.29, 1.82) is 0 Å². The van der Waals surface area contributed by atoms with Crippen LogP contribution in [0.5, 0.6) is 0 Å². The maximum atomic E-state index is 5.49. The van der Waals surface area contributed by atoms with Crippen LogP contribution < -0.4 is 5.32 Å². The van der Waals surface area contributed by atoms with E-state index in [4.69, 9.17) is 4.42 Å². The van der Waals surface area contributed by atoms with E-state index in [2.05, 4.69) is 15.6 Å². The second-order valence-corrected chi connectivity index (χ2v) is 3.76. The van der Waals surface area contributed by atoms with Gasteiger partial charge in [-0.05, 0) is 18.1 Å². The van der Waals surface area contributed by atoms with Gasteiger partial charge in [-0.2, -0.15) is 0 Å². The molecule has 0 fully saturated rings. The smallest absolute Gasteiger partial charge is 0.130 e. The van der Waals surface area contributed by atoms with Gasteiger partial charge in [0.15, 0.2) is 0 Å². The highest BCUT2D eigenvalue weighted by Crippen LogP contribution is 2.27. The molecule has 0 bridgehead atoms. The number of hydrogen-bond donors (Lipinski definition) is 1. The molecule has 0 saturated carbocycles. The molecule has 1 atom stereocenters. The molecule has 5 nitrogen and oxygen atoms in total. The number of hydrogen-bond acceptors (Lipinski definition) is 4. The summed E-state index contributed by atoms with van der Waals surface area (Å²) in [6, 6.07) is 2.08. The summed E-state index contributed by atoms with van der Waals surface area (Å²) in [6.45, 7) is 0.952. The van der Waals surface area contributed by atoms with Crippen LogP contribution in [-0.4, -0.2) is 21.5 Å². The summed E-state index contributed by atoms with van der Waals surface area (Å²) in [7, 11) is 1.86. The third-order valence-electron chi connectivity index (χ3n) is 2.70. The number of rotatable bonds is 1. The number of nitrogens with one attached hydrogen (secondary N) is 1. The van der Waals surface area contributed by atoms with E-state index in [1.54, 1.807) is 10.9 Å². The topological polar surface area (TPSA) is 55.9 Å².